The molecule has 4 rings (SSSR count). The molecule has 1 fully saturated rings. The Kier molecular flexibility index (Phi) is 4.00. The number of fused-ring (bicyclic) bond motifs is 2. The Morgan fingerprint density at radius 2 is 1.68 bits per heavy atom. The molecule has 6 heteroatoms. The van der Waals surface area contributed by atoms with Crippen LogP contribution in [0.3, 0.4) is 0 Å². The summed E-state index contributed by atoms with van der Waals surface area (Å²) >= 11 is 0. The highest BCUT2D eigenvalue weighted by Gasteiger charge is 2.17. The lowest BCUT2D eigenvalue weighted by molar-refractivity contribution is 0.122. The van der Waals surface area contributed by atoms with E-state index in [1.54, 1.807) is 0 Å². The second-order valence-corrected chi connectivity index (χ2v) is 6.50. The van der Waals surface area contributed by atoms with E-state index in [-0.39, 0.29) is 5.69 Å². The molecule has 1 saturated heterocycles. The second-order valence-electron chi connectivity index (χ2n) is 6.50. The van der Waals surface area contributed by atoms with Crippen LogP contribution in [0, 0.1) is 6.92 Å². The first kappa shape index (κ1) is 16.1. The Balaban J connectivity index is 1.96. The van der Waals surface area contributed by atoms with Crippen LogP contribution < -0.4 is 10.6 Å². The maximum absolute atomic E-state index is 12.6. The molecule has 2 aromatic heterocycles. The minimum absolute atomic E-state index is 0.0642. The molecule has 0 atom stereocenters. The predicted octanol–water partition coefficient (Wildman–Crippen LogP) is 2.54. The van der Waals surface area contributed by atoms with Gasteiger partial charge in [-0.1, -0.05) is 0 Å². The van der Waals surface area contributed by atoms with E-state index in [9.17, 15) is 4.79 Å². The van der Waals surface area contributed by atoms with Crippen LogP contribution in [0.15, 0.2) is 23.0 Å². The molecule has 0 saturated carbocycles. The standard InChI is InChI=1S/C19H24N4O2/c1-4-22-16-10-14-11-18(21-6-8-25-9-7-21)20-13(3)15(14)12-17(16)23(5-2)19(22)24/h10-12H,4-9H2,1-3H3. The molecule has 1 aliphatic rings. The van der Waals surface area contributed by atoms with Gasteiger partial charge in [-0.05, 0) is 44.4 Å². The summed E-state index contributed by atoms with van der Waals surface area (Å²) in [7, 11) is 0. The van der Waals surface area contributed by atoms with Gasteiger partial charge in [0.15, 0.2) is 0 Å². The van der Waals surface area contributed by atoms with Crippen molar-refractivity contribution in [3.63, 3.8) is 0 Å². The fourth-order valence-corrected chi connectivity index (χ4v) is 3.78. The minimum Gasteiger partial charge on any atom is -0.378 e. The summed E-state index contributed by atoms with van der Waals surface area (Å²) in [5, 5.41) is 2.25. The van der Waals surface area contributed by atoms with Crippen LogP contribution in [0.25, 0.3) is 21.8 Å². The Bertz CT molecular complexity index is 996. The summed E-state index contributed by atoms with van der Waals surface area (Å²) in [6, 6.07) is 6.40. The molecule has 3 heterocycles. The van der Waals surface area contributed by atoms with Crippen molar-refractivity contribution >= 4 is 27.6 Å². The number of nitrogens with zero attached hydrogens (tertiary/aromatic N) is 4. The molecule has 0 radical (unpaired) electrons. The van der Waals surface area contributed by atoms with Gasteiger partial charge in [-0.15, -0.1) is 0 Å². The molecule has 0 amide bonds. The number of imidazole rings is 1. The minimum atomic E-state index is 0.0642. The third-order valence-corrected chi connectivity index (χ3v) is 5.11. The maximum Gasteiger partial charge on any atom is 0.329 e. The summed E-state index contributed by atoms with van der Waals surface area (Å²) in [6.07, 6.45) is 0. The molecule has 1 aliphatic heterocycles. The monoisotopic (exact) mass is 340 g/mol. The van der Waals surface area contributed by atoms with E-state index in [0.717, 1.165) is 59.6 Å². The van der Waals surface area contributed by atoms with Gasteiger partial charge in [0, 0.05) is 37.3 Å². The topological polar surface area (TPSA) is 52.3 Å². The number of hydrogen-bond acceptors (Lipinski definition) is 4. The zero-order valence-electron chi connectivity index (χ0n) is 15.1. The molecule has 0 bridgehead atoms. The second kappa shape index (κ2) is 6.19. The van der Waals surface area contributed by atoms with E-state index in [2.05, 4.69) is 23.1 Å². The van der Waals surface area contributed by atoms with E-state index in [1.807, 2.05) is 29.9 Å². The quantitative estimate of drug-likeness (QED) is 0.735. The van der Waals surface area contributed by atoms with Gasteiger partial charge < -0.3 is 9.64 Å². The lowest BCUT2D eigenvalue weighted by atomic mass is 10.1. The molecule has 25 heavy (non-hydrogen) atoms. The van der Waals surface area contributed by atoms with E-state index in [0.29, 0.717) is 13.1 Å². The average molecular weight is 340 g/mol. The summed E-state index contributed by atoms with van der Waals surface area (Å²) < 4.78 is 9.14. The normalized spacial score (nSPS) is 15.4. The van der Waals surface area contributed by atoms with Crippen LogP contribution in [0.5, 0.6) is 0 Å². The van der Waals surface area contributed by atoms with Gasteiger partial charge in [-0.25, -0.2) is 9.78 Å². The average Bonchev–Trinajstić information content (AvgIpc) is 2.90. The van der Waals surface area contributed by atoms with Crippen LogP contribution in [0.2, 0.25) is 0 Å². The van der Waals surface area contributed by atoms with Crippen molar-refractivity contribution in [1.29, 1.82) is 0 Å². The van der Waals surface area contributed by atoms with Gasteiger partial charge in [0.2, 0.25) is 0 Å². The van der Waals surface area contributed by atoms with Crippen molar-refractivity contribution in [2.24, 2.45) is 0 Å². The number of rotatable bonds is 3. The molecular weight excluding hydrogens is 316 g/mol. The number of aryl methyl sites for hydroxylation is 3. The number of aromatic nitrogens is 3. The highest BCUT2D eigenvalue weighted by molar-refractivity contribution is 5.97. The van der Waals surface area contributed by atoms with Crippen molar-refractivity contribution in [2.45, 2.75) is 33.9 Å². The smallest absolute Gasteiger partial charge is 0.329 e. The van der Waals surface area contributed by atoms with E-state index >= 15 is 0 Å². The summed E-state index contributed by atoms with van der Waals surface area (Å²) in [4.78, 5) is 19.7. The molecule has 6 nitrogen and oxygen atoms in total. The van der Waals surface area contributed by atoms with Crippen molar-refractivity contribution in [3.8, 4) is 0 Å². The van der Waals surface area contributed by atoms with E-state index < -0.39 is 0 Å². The highest BCUT2D eigenvalue weighted by Crippen LogP contribution is 2.28. The third kappa shape index (κ3) is 2.52. The SMILES string of the molecule is CCn1c(=O)n(CC)c2cc3c(C)nc(N4CCOCC4)cc3cc21. The zero-order valence-corrected chi connectivity index (χ0v) is 15.1. The van der Waals surface area contributed by atoms with Gasteiger partial charge >= 0.3 is 5.69 Å². The Morgan fingerprint density at radius 3 is 2.32 bits per heavy atom. The number of ether oxygens (including phenoxy) is 1. The Labute approximate surface area is 146 Å². The lowest BCUT2D eigenvalue weighted by Gasteiger charge is -2.28. The van der Waals surface area contributed by atoms with Crippen LogP contribution in [-0.2, 0) is 17.8 Å². The van der Waals surface area contributed by atoms with Crippen LogP contribution in [0.4, 0.5) is 5.82 Å². The van der Waals surface area contributed by atoms with Crippen LogP contribution in [-0.4, -0.2) is 40.4 Å². The largest absolute Gasteiger partial charge is 0.378 e. The Morgan fingerprint density at radius 1 is 1.04 bits per heavy atom. The summed E-state index contributed by atoms with van der Waals surface area (Å²) in [6.45, 7) is 10.6. The molecule has 1 aromatic carbocycles. The molecule has 0 aliphatic carbocycles. The lowest BCUT2D eigenvalue weighted by Crippen LogP contribution is -2.36. The van der Waals surface area contributed by atoms with Crippen molar-refractivity contribution in [3.05, 3.63) is 34.4 Å². The van der Waals surface area contributed by atoms with Crippen molar-refractivity contribution in [1.82, 2.24) is 14.1 Å². The van der Waals surface area contributed by atoms with Crippen LogP contribution >= 0.6 is 0 Å². The fourth-order valence-electron chi connectivity index (χ4n) is 3.78. The van der Waals surface area contributed by atoms with E-state index in [4.69, 9.17) is 9.72 Å². The number of benzene rings is 1. The first-order chi connectivity index (χ1) is 12.1. The van der Waals surface area contributed by atoms with Crippen molar-refractivity contribution < 1.29 is 4.74 Å². The third-order valence-electron chi connectivity index (χ3n) is 5.11. The number of hydrogen-bond donors (Lipinski definition) is 0. The first-order valence-electron chi connectivity index (χ1n) is 9.01. The number of morpholine rings is 1. The van der Waals surface area contributed by atoms with Gasteiger partial charge in [-0.2, -0.15) is 0 Å². The summed E-state index contributed by atoms with van der Waals surface area (Å²) in [5.41, 5.74) is 3.06. The van der Waals surface area contributed by atoms with Crippen molar-refractivity contribution in [2.75, 3.05) is 31.2 Å². The predicted molar refractivity (Wildman–Crippen MR) is 101 cm³/mol. The fraction of sp³-hybridized carbons (Fsp3) is 0.474. The molecule has 3 aromatic rings. The number of anilines is 1. The molecule has 0 unspecified atom stereocenters. The summed E-state index contributed by atoms with van der Waals surface area (Å²) in [5.74, 6) is 0.993. The molecular formula is C19H24N4O2. The molecule has 0 spiro atoms. The van der Waals surface area contributed by atoms with Gasteiger partial charge in [0.1, 0.15) is 5.82 Å². The first-order valence-corrected chi connectivity index (χ1v) is 9.01. The number of pyridine rings is 1. The Hall–Kier alpha value is -2.34. The van der Waals surface area contributed by atoms with E-state index in [1.165, 1.54) is 0 Å². The highest BCUT2D eigenvalue weighted by atomic mass is 16.5. The van der Waals surface area contributed by atoms with Gasteiger partial charge in [0.25, 0.3) is 0 Å². The van der Waals surface area contributed by atoms with Crippen LogP contribution in [0.1, 0.15) is 19.5 Å². The zero-order chi connectivity index (χ0) is 17.6. The maximum atomic E-state index is 12.6. The molecule has 132 valence electrons. The van der Waals surface area contributed by atoms with Gasteiger partial charge in [-0.3, -0.25) is 9.13 Å². The molecule has 0 N–H and O–H groups in total. The van der Waals surface area contributed by atoms with Gasteiger partial charge in [0.05, 0.1) is 24.2 Å².